The van der Waals surface area contributed by atoms with Crippen LogP contribution in [-0.2, 0) is 16.1 Å². The fourth-order valence-electron chi connectivity index (χ4n) is 3.87. The summed E-state index contributed by atoms with van der Waals surface area (Å²) in [7, 11) is 1.77. The molecule has 0 bridgehead atoms. The van der Waals surface area contributed by atoms with Crippen molar-refractivity contribution in [1.82, 2.24) is 4.57 Å². The second kappa shape index (κ2) is 8.75. The molecule has 0 aliphatic carbocycles. The van der Waals surface area contributed by atoms with Crippen LogP contribution in [0.1, 0.15) is 12.8 Å². The van der Waals surface area contributed by atoms with E-state index in [0.717, 1.165) is 12.3 Å². The molecule has 2 N–H and O–H groups in total. The minimum absolute atomic E-state index is 0.977. The molecular weight excluding hydrogens is 360 g/mol. The number of hydrogen-bond acceptors (Lipinski definition) is 4. The molecule has 2 heterocycles. The Labute approximate surface area is 162 Å². The number of carbonyl (C=O) groups excluding carboxylic acids is 1. The highest BCUT2D eigenvalue weighted by molar-refractivity contribution is 6.26. The predicted octanol–water partition coefficient (Wildman–Crippen LogP) is 0.303. The van der Waals surface area contributed by atoms with Gasteiger partial charge in [-0.25, -0.2) is 4.79 Å². The Kier molecular flexibility index (Phi) is 6.16. The summed E-state index contributed by atoms with van der Waals surface area (Å²) in [6, 6.07) is 15.1. The Balaban J connectivity index is 0.000000330. The number of carboxylic acid groups (broad SMARTS) is 2. The van der Waals surface area contributed by atoms with Gasteiger partial charge in [-0.3, -0.25) is 0 Å². The Morgan fingerprint density at radius 1 is 1.11 bits per heavy atom. The molecule has 7 nitrogen and oxygen atoms in total. The molecule has 0 unspecified atom stereocenters. The van der Waals surface area contributed by atoms with Crippen molar-refractivity contribution in [2.75, 3.05) is 26.7 Å². The van der Waals surface area contributed by atoms with Crippen LogP contribution < -0.4 is 14.7 Å². The van der Waals surface area contributed by atoms with Gasteiger partial charge in [0.1, 0.15) is 5.75 Å². The molecule has 0 atom stereocenters. The normalized spacial score (nSPS) is 14.0. The van der Waals surface area contributed by atoms with Crippen molar-refractivity contribution >= 4 is 33.7 Å². The first-order valence-electron chi connectivity index (χ1n) is 9.34. The van der Waals surface area contributed by atoms with Crippen molar-refractivity contribution in [2.24, 2.45) is 0 Å². The van der Waals surface area contributed by atoms with E-state index in [1.54, 1.807) is 12.0 Å². The maximum absolute atomic E-state index is 9.04. The maximum Gasteiger partial charge on any atom is 0.351 e. The van der Waals surface area contributed by atoms with Crippen LogP contribution in [0.3, 0.4) is 0 Å². The third kappa shape index (κ3) is 4.09. The number of fused-ring (bicyclic) bond motifs is 3. The first-order valence-corrected chi connectivity index (χ1v) is 9.34. The number of ether oxygens (including phenoxy) is 1. The van der Waals surface area contributed by atoms with E-state index in [1.807, 2.05) is 0 Å². The zero-order valence-electron chi connectivity index (χ0n) is 15.8. The molecule has 0 radical (unpaired) electrons. The van der Waals surface area contributed by atoms with E-state index in [2.05, 4.69) is 47.0 Å². The van der Waals surface area contributed by atoms with E-state index >= 15 is 0 Å². The van der Waals surface area contributed by atoms with Gasteiger partial charge in [-0.05, 0) is 12.1 Å². The van der Waals surface area contributed by atoms with Crippen LogP contribution in [0, 0.1) is 0 Å². The molecule has 1 aromatic heterocycles. The van der Waals surface area contributed by atoms with Gasteiger partial charge in [0.15, 0.2) is 5.97 Å². The number of aromatic nitrogens is 1. The van der Waals surface area contributed by atoms with Crippen LogP contribution in [0.2, 0.25) is 0 Å². The van der Waals surface area contributed by atoms with E-state index in [9.17, 15) is 0 Å². The van der Waals surface area contributed by atoms with Crippen molar-refractivity contribution in [2.45, 2.75) is 19.4 Å². The van der Waals surface area contributed by atoms with E-state index in [0.29, 0.717) is 0 Å². The van der Waals surface area contributed by atoms with Crippen molar-refractivity contribution < 1.29 is 29.4 Å². The number of quaternary nitrogens is 1. The molecule has 0 spiro atoms. The van der Waals surface area contributed by atoms with Gasteiger partial charge in [-0.15, -0.1) is 0 Å². The van der Waals surface area contributed by atoms with Gasteiger partial charge in [-0.2, -0.15) is 0 Å². The van der Waals surface area contributed by atoms with Crippen LogP contribution in [-0.4, -0.2) is 48.4 Å². The van der Waals surface area contributed by atoms with E-state index < -0.39 is 11.9 Å². The summed E-state index contributed by atoms with van der Waals surface area (Å²) < 4.78 is 8.10. The first kappa shape index (κ1) is 19.7. The first-order chi connectivity index (χ1) is 13.5. The van der Waals surface area contributed by atoms with Gasteiger partial charge in [0, 0.05) is 29.1 Å². The highest BCUT2D eigenvalue weighted by Gasteiger charge is 2.18. The summed E-state index contributed by atoms with van der Waals surface area (Å²) in [5.74, 6) is -3.03. The molecule has 1 aliphatic heterocycles. The average Bonchev–Trinajstić information content (AvgIpc) is 3.32. The van der Waals surface area contributed by atoms with Gasteiger partial charge in [0.25, 0.3) is 0 Å². The Bertz CT molecular complexity index is 977. The third-order valence-corrected chi connectivity index (χ3v) is 5.15. The zero-order valence-corrected chi connectivity index (χ0v) is 15.8. The standard InChI is InChI=1S/C19H22N2O.C2H2O4/c1-22-18-10-6-8-16-15-7-2-3-9-17(15)21(19(16)18)14-13-20-11-4-5-12-20;3-1(4)2(5)6/h2-3,6-10H,4-5,11-14H2,1H3;(H,3,4)(H,5,6). The molecule has 3 aromatic rings. The summed E-state index contributed by atoms with van der Waals surface area (Å²) in [6.45, 7) is 4.91. The number of methoxy groups -OCH3 is 1. The highest BCUT2D eigenvalue weighted by atomic mass is 16.5. The monoisotopic (exact) mass is 384 g/mol. The highest BCUT2D eigenvalue weighted by Crippen LogP contribution is 2.34. The lowest BCUT2D eigenvalue weighted by atomic mass is 10.1. The minimum Gasteiger partial charge on any atom is -0.539 e. The fourth-order valence-corrected chi connectivity index (χ4v) is 3.87. The third-order valence-electron chi connectivity index (χ3n) is 5.15. The molecule has 0 saturated carbocycles. The molecule has 1 saturated heterocycles. The van der Waals surface area contributed by atoms with E-state index in [1.165, 1.54) is 54.3 Å². The molecule has 7 heteroatoms. The van der Waals surface area contributed by atoms with Crippen LogP contribution in [0.15, 0.2) is 42.5 Å². The van der Waals surface area contributed by atoms with Gasteiger partial charge < -0.3 is 29.2 Å². The quantitative estimate of drug-likeness (QED) is 0.631. The maximum atomic E-state index is 9.04. The number of aliphatic carboxylic acids is 2. The Morgan fingerprint density at radius 3 is 2.39 bits per heavy atom. The molecule has 1 fully saturated rings. The van der Waals surface area contributed by atoms with Gasteiger partial charge in [-0.1, -0.05) is 30.3 Å². The fraction of sp³-hybridized carbons (Fsp3) is 0.333. The summed E-state index contributed by atoms with van der Waals surface area (Å²) >= 11 is 0. The van der Waals surface area contributed by atoms with Gasteiger partial charge in [0.05, 0.1) is 38.8 Å². The van der Waals surface area contributed by atoms with Crippen LogP contribution in [0.25, 0.3) is 21.8 Å². The molecule has 0 amide bonds. The number of hydrogen-bond donors (Lipinski definition) is 2. The number of benzene rings is 2. The van der Waals surface area contributed by atoms with Gasteiger partial charge >= 0.3 is 5.97 Å². The molecular formula is C21H24N2O5. The molecule has 1 aliphatic rings. The lowest BCUT2D eigenvalue weighted by Crippen LogP contribution is -3.10. The smallest absolute Gasteiger partial charge is 0.351 e. The molecule has 28 heavy (non-hydrogen) atoms. The number of carboxylic acids is 2. The SMILES string of the molecule is COc1cccc2c3ccccc3n(CC[NH+]3CCCC3)c12.O=C([O-])C(=O)O. The van der Waals surface area contributed by atoms with Gasteiger partial charge in [0.2, 0.25) is 0 Å². The lowest BCUT2D eigenvalue weighted by molar-refractivity contribution is -0.887. The van der Waals surface area contributed by atoms with E-state index in [4.69, 9.17) is 24.5 Å². The topological polar surface area (TPSA) is 96.0 Å². The second-order valence-corrected chi connectivity index (χ2v) is 6.82. The van der Waals surface area contributed by atoms with Crippen molar-refractivity contribution in [3.63, 3.8) is 0 Å². The van der Waals surface area contributed by atoms with Crippen LogP contribution >= 0.6 is 0 Å². The summed E-state index contributed by atoms with van der Waals surface area (Å²) in [5, 5.41) is 18.9. The number of nitrogens with zero attached hydrogens (tertiary/aromatic N) is 1. The summed E-state index contributed by atoms with van der Waals surface area (Å²) in [5.41, 5.74) is 2.56. The zero-order chi connectivity index (χ0) is 20.1. The summed E-state index contributed by atoms with van der Waals surface area (Å²) in [4.78, 5) is 19.8. The summed E-state index contributed by atoms with van der Waals surface area (Å²) in [6.07, 6.45) is 2.76. The van der Waals surface area contributed by atoms with Crippen molar-refractivity contribution in [1.29, 1.82) is 0 Å². The molecule has 148 valence electrons. The number of para-hydroxylation sites is 2. The van der Waals surface area contributed by atoms with E-state index in [-0.39, 0.29) is 0 Å². The molecule has 4 rings (SSSR count). The predicted molar refractivity (Wildman–Crippen MR) is 103 cm³/mol. The Hall–Kier alpha value is -3.06. The number of likely N-dealkylation sites (tertiary alicyclic amines) is 1. The van der Waals surface area contributed by atoms with Crippen LogP contribution in [0.4, 0.5) is 0 Å². The second-order valence-electron chi connectivity index (χ2n) is 6.82. The number of nitrogens with one attached hydrogen (secondary N) is 1. The number of rotatable bonds is 4. The van der Waals surface area contributed by atoms with Crippen LogP contribution in [0.5, 0.6) is 5.75 Å². The van der Waals surface area contributed by atoms with Crippen molar-refractivity contribution in [3.8, 4) is 5.75 Å². The molecule has 2 aromatic carbocycles. The van der Waals surface area contributed by atoms with Crippen molar-refractivity contribution in [3.05, 3.63) is 42.5 Å². The average molecular weight is 384 g/mol. The number of carbonyl (C=O) groups is 2. The minimum atomic E-state index is -2.07. The largest absolute Gasteiger partial charge is 0.539 e. The lowest BCUT2D eigenvalue weighted by Gasteiger charge is -2.15. The Morgan fingerprint density at radius 2 is 1.75 bits per heavy atom.